The molecule has 0 fully saturated rings. The molecule has 3 nitrogen and oxygen atoms in total. The fourth-order valence-corrected chi connectivity index (χ4v) is 1.94. The van der Waals surface area contributed by atoms with Gasteiger partial charge in [0.1, 0.15) is 5.82 Å². The lowest BCUT2D eigenvalue weighted by Crippen LogP contribution is -2.16. The Bertz CT molecular complexity index is 604. The fourth-order valence-electron chi connectivity index (χ4n) is 1.94. The molecule has 7 heteroatoms. The molecule has 0 aliphatic rings. The second kappa shape index (κ2) is 5.24. The van der Waals surface area contributed by atoms with Crippen molar-refractivity contribution in [2.24, 2.45) is 12.8 Å². The summed E-state index contributed by atoms with van der Waals surface area (Å²) in [6.07, 6.45) is -1.08. The summed E-state index contributed by atoms with van der Waals surface area (Å²) in [5, 5.41) is 3.96. The molecule has 0 saturated carbocycles. The minimum Gasteiger partial charge on any atom is -0.324 e. The first kappa shape index (κ1) is 14.5. The number of rotatable bonds is 3. The Hall–Kier alpha value is -1.89. The van der Waals surface area contributed by atoms with Gasteiger partial charge in [-0.05, 0) is 29.7 Å². The van der Waals surface area contributed by atoms with Gasteiger partial charge >= 0.3 is 6.18 Å². The van der Waals surface area contributed by atoms with Gasteiger partial charge in [0.25, 0.3) is 0 Å². The van der Waals surface area contributed by atoms with E-state index in [2.05, 4.69) is 5.10 Å². The van der Waals surface area contributed by atoms with Gasteiger partial charge in [-0.3, -0.25) is 4.68 Å². The van der Waals surface area contributed by atoms with Crippen molar-refractivity contribution in [1.82, 2.24) is 9.78 Å². The van der Waals surface area contributed by atoms with Crippen molar-refractivity contribution < 1.29 is 17.6 Å². The summed E-state index contributed by atoms with van der Waals surface area (Å²) in [6, 6.07) is 2.17. The van der Waals surface area contributed by atoms with E-state index in [9.17, 15) is 17.6 Å². The van der Waals surface area contributed by atoms with Gasteiger partial charge in [0.2, 0.25) is 0 Å². The molecule has 1 aromatic heterocycles. The molecule has 0 aliphatic heterocycles. The van der Waals surface area contributed by atoms with E-state index in [0.717, 1.165) is 17.7 Å². The van der Waals surface area contributed by atoms with Crippen LogP contribution in [-0.4, -0.2) is 9.78 Å². The maximum absolute atomic E-state index is 13.2. The summed E-state index contributed by atoms with van der Waals surface area (Å²) in [5.41, 5.74) is 5.62. The maximum Gasteiger partial charge on any atom is 0.419 e. The lowest BCUT2D eigenvalue weighted by Gasteiger charge is -2.14. The highest BCUT2D eigenvalue weighted by Crippen LogP contribution is 2.33. The topological polar surface area (TPSA) is 43.8 Å². The molecule has 1 unspecified atom stereocenters. The minimum absolute atomic E-state index is 0.238. The third kappa shape index (κ3) is 3.16. The molecule has 0 aliphatic carbocycles. The third-order valence-corrected chi connectivity index (χ3v) is 2.94. The van der Waals surface area contributed by atoms with Crippen molar-refractivity contribution in [2.75, 3.05) is 0 Å². The summed E-state index contributed by atoms with van der Waals surface area (Å²) in [5.74, 6) is -1.30. The summed E-state index contributed by atoms with van der Waals surface area (Å²) in [4.78, 5) is 0. The van der Waals surface area contributed by atoms with Crippen molar-refractivity contribution in [3.8, 4) is 0 Å². The maximum atomic E-state index is 13.2. The molecule has 108 valence electrons. The quantitative estimate of drug-likeness (QED) is 0.882. The highest BCUT2D eigenvalue weighted by atomic mass is 19.4. The van der Waals surface area contributed by atoms with Crippen molar-refractivity contribution in [3.63, 3.8) is 0 Å². The number of hydrogen-bond acceptors (Lipinski definition) is 2. The Kier molecular flexibility index (Phi) is 3.80. The van der Waals surface area contributed by atoms with Gasteiger partial charge in [-0.25, -0.2) is 4.39 Å². The van der Waals surface area contributed by atoms with Crippen LogP contribution >= 0.6 is 0 Å². The Labute approximate surface area is 113 Å². The van der Waals surface area contributed by atoms with Crippen molar-refractivity contribution >= 4 is 0 Å². The largest absolute Gasteiger partial charge is 0.419 e. The standard InChI is InChI=1S/C13H13F4N3/c1-20-7-8(6-19-20)4-12(18)9-2-3-11(14)10(5-9)13(15,16)17/h2-3,5-7,12H,4,18H2,1H3. The summed E-state index contributed by atoms with van der Waals surface area (Å²) in [6.45, 7) is 0. The monoisotopic (exact) mass is 287 g/mol. The van der Waals surface area contributed by atoms with Crippen LogP contribution in [0.25, 0.3) is 0 Å². The normalized spacial score (nSPS) is 13.5. The van der Waals surface area contributed by atoms with Gasteiger partial charge in [0.05, 0.1) is 11.8 Å². The second-order valence-electron chi connectivity index (χ2n) is 4.57. The first-order valence-corrected chi connectivity index (χ1v) is 5.87. The smallest absolute Gasteiger partial charge is 0.324 e. The van der Waals surface area contributed by atoms with Crippen LogP contribution in [0.2, 0.25) is 0 Å². The molecule has 0 spiro atoms. The SMILES string of the molecule is Cn1cc(CC(N)c2ccc(F)c(C(F)(F)F)c2)cn1. The molecule has 20 heavy (non-hydrogen) atoms. The van der Waals surface area contributed by atoms with Crippen LogP contribution in [0.3, 0.4) is 0 Å². The highest BCUT2D eigenvalue weighted by molar-refractivity contribution is 5.30. The molecule has 0 saturated heterocycles. The first-order valence-electron chi connectivity index (χ1n) is 5.87. The van der Waals surface area contributed by atoms with Crippen LogP contribution in [0.4, 0.5) is 17.6 Å². The molecule has 2 aromatic rings. The molecule has 2 rings (SSSR count). The molecule has 1 heterocycles. The van der Waals surface area contributed by atoms with E-state index >= 15 is 0 Å². The highest BCUT2D eigenvalue weighted by Gasteiger charge is 2.34. The number of nitrogens with zero attached hydrogens (tertiary/aromatic N) is 2. The Morgan fingerprint density at radius 1 is 1.35 bits per heavy atom. The minimum atomic E-state index is -4.73. The van der Waals surface area contributed by atoms with Gasteiger partial charge in [-0.1, -0.05) is 6.07 Å². The van der Waals surface area contributed by atoms with Gasteiger partial charge < -0.3 is 5.73 Å². The average Bonchev–Trinajstić information content (AvgIpc) is 2.73. The number of aryl methyl sites for hydroxylation is 1. The van der Waals surface area contributed by atoms with E-state index < -0.39 is 23.6 Å². The fraction of sp³-hybridized carbons (Fsp3) is 0.308. The van der Waals surface area contributed by atoms with E-state index in [0.29, 0.717) is 6.42 Å². The lowest BCUT2D eigenvalue weighted by molar-refractivity contribution is -0.140. The predicted octanol–water partition coefficient (Wildman–Crippen LogP) is 2.82. The summed E-state index contributed by atoms with van der Waals surface area (Å²) < 4.78 is 52.6. The van der Waals surface area contributed by atoms with E-state index in [4.69, 9.17) is 5.73 Å². The van der Waals surface area contributed by atoms with Gasteiger partial charge in [0.15, 0.2) is 0 Å². The average molecular weight is 287 g/mol. The number of nitrogens with two attached hydrogens (primary N) is 1. The Balaban J connectivity index is 2.24. The molecule has 0 amide bonds. The van der Waals surface area contributed by atoms with Crippen molar-refractivity contribution in [3.05, 3.63) is 53.1 Å². The van der Waals surface area contributed by atoms with Crippen LogP contribution < -0.4 is 5.73 Å². The number of halogens is 4. The van der Waals surface area contributed by atoms with E-state index in [1.165, 1.54) is 6.07 Å². The van der Waals surface area contributed by atoms with E-state index in [1.54, 1.807) is 24.1 Å². The van der Waals surface area contributed by atoms with E-state index in [-0.39, 0.29) is 5.56 Å². The first-order chi connectivity index (χ1) is 9.27. The number of hydrogen-bond donors (Lipinski definition) is 1. The van der Waals surface area contributed by atoms with Crippen molar-refractivity contribution in [1.29, 1.82) is 0 Å². The van der Waals surface area contributed by atoms with Gasteiger partial charge in [0, 0.05) is 19.3 Å². The molecule has 0 radical (unpaired) electrons. The third-order valence-electron chi connectivity index (χ3n) is 2.94. The van der Waals surface area contributed by atoms with Crippen LogP contribution in [0.5, 0.6) is 0 Å². The molecule has 0 bridgehead atoms. The molecule has 1 atom stereocenters. The van der Waals surface area contributed by atoms with Crippen LogP contribution in [0, 0.1) is 5.82 Å². The second-order valence-corrected chi connectivity index (χ2v) is 4.57. The Morgan fingerprint density at radius 2 is 2.05 bits per heavy atom. The molecular weight excluding hydrogens is 274 g/mol. The van der Waals surface area contributed by atoms with E-state index in [1.807, 2.05) is 0 Å². The molecule has 2 N–H and O–H groups in total. The zero-order valence-electron chi connectivity index (χ0n) is 10.7. The lowest BCUT2D eigenvalue weighted by atomic mass is 9.99. The van der Waals surface area contributed by atoms with Crippen LogP contribution in [0.15, 0.2) is 30.6 Å². The number of benzene rings is 1. The van der Waals surface area contributed by atoms with Gasteiger partial charge in [-0.15, -0.1) is 0 Å². The van der Waals surface area contributed by atoms with Gasteiger partial charge in [-0.2, -0.15) is 18.3 Å². The number of alkyl halides is 3. The summed E-state index contributed by atoms with van der Waals surface area (Å²) in [7, 11) is 1.73. The molecule has 1 aromatic carbocycles. The zero-order valence-corrected chi connectivity index (χ0v) is 10.7. The summed E-state index contributed by atoms with van der Waals surface area (Å²) >= 11 is 0. The van der Waals surface area contributed by atoms with Crippen molar-refractivity contribution in [2.45, 2.75) is 18.6 Å². The predicted molar refractivity (Wildman–Crippen MR) is 65.2 cm³/mol. The Morgan fingerprint density at radius 3 is 2.60 bits per heavy atom. The van der Waals surface area contributed by atoms with Crippen LogP contribution in [-0.2, 0) is 19.6 Å². The number of aromatic nitrogens is 2. The zero-order chi connectivity index (χ0) is 14.9. The molecular formula is C13H13F4N3. The van der Waals surface area contributed by atoms with Crippen LogP contribution in [0.1, 0.15) is 22.7 Å².